The molecule has 0 bridgehead atoms. The van der Waals surface area contributed by atoms with Crippen LogP contribution in [-0.4, -0.2) is 63.6 Å². The number of sulfonamides is 1. The first-order chi connectivity index (χ1) is 14.9. The van der Waals surface area contributed by atoms with E-state index in [1.54, 1.807) is 0 Å². The van der Waals surface area contributed by atoms with Gasteiger partial charge < -0.3 is 14.8 Å². The summed E-state index contributed by atoms with van der Waals surface area (Å²) < 4.78 is 37.9. The second kappa shape index (κ2) is 11.4. The molecule has 0 spiro atoms. The number of nitrogens with zero attached hydrogens (tertiary/aromatic N) is 1. The van der Waals surface area contributed by atoms with Crippen LogP contribution in [0.25, 0.3) is 0 Å². The molecule has 1 amide bonds. The van der Waals surface area contributed by atoms with Gasteiger partial charge in [-0.15, -0.1) is 0 Å². The maximum atomic E-state index is 12.9. The Morgan fingerprint density at radius 1 is 1.10 bits per heavy atom. The van der Waals surface area contributed by atoms with Crippen molar-refractivity contribution < 1.29 is 27.5 Å². The third-order valence-electron chi connectivity index (χ3n) is 5.56. The van der Waals surface area contributed by atoms with Gasteiger partial charge in [-0.2, -0.15) is 4.31 Å². The molecule has 1 heterocycles. The number of halogens is 1. The van der Waals surface area contributed by atoms with E-state index < -0.39 is 22.6 Å². The molecular weight excluding hydrogens is 488 g/mol. The summed E-state index contributed by atoms with van der Waals surface area (Å²) in [5.74, 6) is -1.07. The number of amides is 1. The van der Waals surface area contributed by atoms with Gasteiger partial charge in [-0.05, 0) is 47.0 Å². The number of ether oxygens (including phenoxy) is 2. The largest absolute Gasteiger partial charge is 0.452 e. The molecule has 1 N–H and O–H groups in total. The third-order valence-corrected chi connectivity index (χ3v) is 8.45. The van der Waals surface area contributed by atoms with E-state index in [4.69, 9.17) is 9.47 Å². The number of carbonyl (C=O) groups excluding carboxylic acids is 2. The van der Waals surface area contributed by atoms with E-state index in [1.165, 1.54) is 41.8 Å². The van der Waals surface area contributed by atoms with Crippen molar-refractivity contribution in [2.24, 2.45) is 0 Å². The highest BCUT2D eigenvalue weighted by Gasteiger charge is 2.29. The lowest BCUT2D eigenvalue weighted by Gasteiger charge is -2.26. The van der Waals surface area contributed by atoms with Crippen LogP contribution < -0.4 is 5.32 Å². The molecule has 172 valence electrons. The Bertz CT molecular complexity index is 878. The fraction of sp³-hybridized carbons (Fsp3) is 0.619. The van der Waals surface area contributed by atoms with Crippen molar-refractivity contribution in [1.29, 1.82) is 0 Å². The molecule has 1 aliphatic carbocycles. The zero-order valence-corrected chi connectivity index (χ0v) is 19.9. The zero-order valence-electron chi connectivity index (χ0n) is 17.5. The van der Waals surface area contributed by atoms with E-state index in [0.29, 0.717) is 17.7 Å². The minimum Gasteiger partial charge on any atom is -0.452 e. The molecule has 31 heavy (non-hydrogen) atoms. The maximum absolute atomic E-state index is 12.9. The predicted molar refractivity (Wildman–Crippen MR) is 118 cm³/mol. The van der Waals surface area contributed by atoms with Crippen molar-refractivity contribution >= 4 is 37.8 Å². The number of benzene rings is 1. The Morgan fingerprint density at radius 3 is 2.42 bits per heavy atom. The summed E-state index contributed by atoms with van der Waals surface area (Å²) >= 11 is 3.26. The van der Waals surface area contributed by atoms with Crippen LogP contribution in [0.1, 0.15) is 55.3 Å². The summed E-state index contributed by atoms with van der Waals surface area (Å²) in [5, 5.41) is 2.94. The highest BCUT2D eigenvalue weighted by Crippen LogP contribution is 2.27. The number of rotatable bonds is 6. The fourth-order valence-corrected chi connectivity index (χ4v) is 6.20. The molecule has 2 aliphatic rings. The smallest absolute Gasteiger partial charge is 0.338 e. The molecule has 0 aromatic heterocycles. The number of nitrogens with one attached hydrogen (secondary N) is 1. The number of morpholine rings is 1. The lowest BCUT2D eigenvalue weighted by Crippen LogP contribution is -2.40. The van der Waals surface area contributed by atoms with Crippen molar-refractivity contribution in [1.82, 2.24) is 9.62 Å². The van der Waals surface area contributed by atoms with Crippen molar-refractivity contribution in [3.05, 3.63) is 28.2 Å². The molecule has 8 nitrogen and oxygen atoms in total. The quantitative estimate of drug-likeness (QED) is 0.583. The Kier molecular flexibility index (Phi) is 8.88. The molecule has 1 aliphatic heterocycles. The van der Waals surface area contributed by atoms with Crippen molar-refractivity contribution in [3.63, 3.8) is 0 Å². The van der Waals surface area contributed by atoms with Crippen LogP contribution in [0.5, 0.6) is 0 Å². The van der Waals surface area contributed by atoms with E-state index in [-0.39, 0.29) is 35.5 Å². The van der Waals surface area contributed by atoms with Gasteiger partial charge in [-0.1, -0.05) is 32.1 Å². The van der Waals surface area contributed by atoms with Gasteiger partial charge in [0.2, 0.25) is 10.0 Å². The van der Waals surface area contributed by atoms with Gasteiger partial charge in [-0.3, -0.25) is 4.79 Å². The van der Waals surface area contributed by atoms with Gasteiger partial charge in [0.25, 0.3) is 5.91 Å². The van der Waals surface area contributed by atoms with Crippen LogP contribution in [0.2, 0.25) is 0 Å². The summed E-state index contributed by atoms with van der Waals surface area (Å²) in [7, 11) is -3.79. The second-order valence-corrected chi connectivity index (χ2v) is 10.6. The normalized spacial score (nSPS) is 19.3. The molecule has 3 rings (SSSR count). The summed E-state index contributed by atoms with van der Waals surface area (Å²) in [6.07, 6.45) is 7.66. The van der Waals surface area contributed by atoms with Crippen LogP contribution in [0, 0.1) is 0 Å². The number of hydrogen-bond donors (Lipinski definition) is 1. The third kappa shape index (κ3) is 6.74. The van der Waals surface area contributed by atoms with Gasteiger partial charge >= 0.3 is 5.97 Å². The molecule has 0 radical (unpaired) electrons. The van der Waals surface area contributed by atoms with Gasteiger partial charge in [-0.25, -0.2) is 13.2 Å². The van der Waals surface area contributed by atoms with Gasteiger partial charge in [0.15, 0.2) is 6.61 Å². The average molecular weight is 517 g/mol. The molecular formula is C21H29BrN2O6S. The maximum Gasteiger partial charge on any atom is 0.338 e. The van der Waals surface area contributed by atoms with Crippen LogP contribution in [-0.2, 0) is 24.3 Å². The standard InChI is InChI=1S/C21H29BrN2O6S/c22-18-9-8-16(14-19(18)31(27,28)24-10-12-29-13-11-24)21(26)30-15-20(25)23-17-6-4-2-1-3-5-7-17/h8-9,14,17H,1-7,10-13,15H2,(H,23,25). The van der Waals surface area contributed by atoms with Crippen LogP contribution in [0.15, 0.2) is 27.6 Å². The summed E-state index contributed by atoms with van der Waals surface area (Å²) in [6.45, 7) is 0.774. The van der Waals surface area contributed by atoms with Gasteiger partial charge in [0.1, 0.15) is 0 Å². The second-order valence-electron chi connectivity index (χ2n) is 7.85. The average Bonchev–Trinajstić information content (AvgIpc) is 2.74. The van der Waals surface area contributed by atoms with E-state index in [9.17, 15) is 18.0 Å². The lowest BCUT2D eigenvalue weighted by atomic mass is 9.97. The predicted octanol–water partition coefficient (Wildman–Crippen LogP) is 2.86. The summed E-state index contributed by atoms with van der Waals surface area (Å²) in [4.78, 5) is 24.7. The van der Waals surface area contributed by atoms with Gasteiger partial charge in [0.05, 0.1) is 23.7 Å². The van der Waals surface area contributed by atoms with E-state index in [2.05, 4.69) is 21.2 Å². The Balaban J connectivity index is 1.60. The summed E-state index contributed by atoms with van der Waals surface area (Å²) in [5.41, 5.74) is 0.0776. The van der Waals surface area contributed by atoms with Crippen molar-refractivity contribution in [2.45, 2.75) is 55.9 Å². The van der Waals surface area contributed by atoms with E-state index in [0.717, 1.165) is 25.7 Å². The minimum atomic E-state index is -3.79. The molecule has 1 saturated heterocycles. The Hall–Kier alpha value is -1.49. The first-order valence-electron chi connectivity index (χ1n) is 10.7. The molecule has 10 heteroatoms. The fourth-order valence-electron chi connectivity index (χ4n) is 3.84. The van der Waals surface area contributed by atoms with E-state index >= 15 is 0 Å². The Labute approximate surface area is 191 Å². The molecule has 2 fully saturated rings. The van der Waals surface area contributed by atoms with Crippen molar-refractivity contribution in [3.8, 4) is 0 Å². The first-order valence-corrected chi connectivity index (χ1v) is 12.9. The molecule has 1 saturated carbocycles. The Morgan fingerprint density at radius 2 is 1.74 bits per heavy atom. The molecule has 0 unspecified atom stereocenters. The highest BCUT2D eigenvalue weighted by atomic mass is 79.9. The molecule has 1 aromatic rings. The topological polar surface area (TPSA) is 102 Å². The lowest BCUT2D eigenvalue weighted by molar-refractivity contribution is -0.125. The molecule has 1 aromatic carbocycles. The zero-order chi connectivity index (χ0) is 22.3. The van der Waals surface area contributed by atoms with Gasteiger partial charge in [0, 0.05) is 23.6 Å². The van der Waals surface area contributed by atoms with Crippen LogP contribution in [0.4, 0.5) is 0 Å². The van der Waals surface area contributed by atoms with Crippen molar-refractivity contribution in [2.75, 3.05) is 32.9 Å². The van der Waals surface area contributed by atoms with Crippen LogP contribution >= 0.6 is 15.9 Å². The summed E-state index contributed by atoms with van der Waals surface area (Å²) in [6, 6.07) is 4.37. The number of esters is 1. The minimum absolute atomic E-state index is 0.0113. The molecule has 0 atom stereocenters. The highest BCUT2D eigenvalue weighted by molar-refractivity contribution is 9.10. The number of carbonyl (C=O) groups is 2. The first kappa shape index (κ1) is 24.2. The number of hydrogen-bond acceptors (Lipinski definition) is 6. The SMILES string of the molecule is O=C(COC(=O)c1ccc(Br)c(S(=O)(=O)N2CCOCC2)c1)NC1CCCCCCC1. The van der Waals surface area contributed by atoms with Crippen LogP contribution in [0.3, 0.4) is 0 Å². The van der Waals surface area contributed by atoms with E-state index in [1.807, 2.05) is 0 Å². The monoisotopic (exact) mass is 516 g/mol.